The standard InChI is InChI=1S/C26H32Cl2N2O2S/c1-18-8-11-22(12-9-18)33-15-14-25(31)30(17-20-10-13-23(27)24(28)16-20)19(2)26(32)29-21-6-4-3-5-7-21/h8-13,16,19,21H,3-7,14-15,17H2,1-2H3,(H,29,32)/t19-/m0/s1. The van der Waals surface area contributed by atoms with Gasteiger partial charge in [-0.25, -0.2) is 0 Å². The van der Waals surface area contributed by atoms with Crippen molar-refractivity contribution in [3.8, 4) is 0 Å². The van der Waals surface area contributed by atoms with Gasteiger partial charge in [-0.1, -0.05) is 66.2 Å². The van der Waals surface area contributed by atoms with Gasteiger partial charge in [0.05, 0.1) is 10.0 Å². The zero-order valence-electron chi connectivity index (χ0n) is 19.3. The number of halogens is 2. The summed E-state index contributed by atoms with van der Waals surface area (Å²) in [5.74, 6) is 0.505. The number of carbonyl (C=O) groups excluding carboxylic acids is 2. The first-order valence-corrected chi connectivity index (χ1v) is 13.3. The van der Waals surface area contributed by atoms with Crippen LogP contribution in [-0.4, -0.2) is 34.6 Å². The molecule has 1 aliphatic rings. The van der Waals surface area contributed by atoms with Crippen LogP contribution in [0.3, 0.4) is 0 Å². The van der Waals surface area contributed by atoms with Crippen LogP contribution >= 0.6 is 35.0 Å². The van der Waals surface area contributed by atoms with Gasteiger partial charge in [0.25, 0.3) is 0 Å². The SMILES string of the molecule is Cc1ccc(SCCC(=O)N(Cc2ccc(Cl)c(Cl)c2)[C@@H](C)C(=O)NC2CCCCC2)cc1. The monoisotopic (exact) mass is 506 g/mol. The fourth-order valence-corrected chi connectivity index (χ4v) is 5.18. The molecule has 1 N–H and O–H groups in total. The summed E-state index contributed by atoms with van der Waals surface area (Å²) in [5, 5.41) is 4.07. The number of carbonyl (C=O) groups is 2. The molecule has 3 rings (SSSR count). The van der Waals surface area contributed by atoms with Crippen molar-refractivity contribution in [3.63, 3.8) is 0 Å². The average Bonchev–Trinajstić information content (AvgIpc) is 2.81. The van der Waals surface area contributed by atoms with Crippen LogP contribution in [0, 0.1) is 6.92 Å². The number of hydrogen-bond donors (Lipinski definition) is 1. The van der Waals surface area contributed by atoms with Gasteiger partial charge in [-0.05, 0) is 56.5 Å². The Bertz CT molecular complexity index is 946. The van der Waals surface area contributed by atoms with Crippen LogP contribution in [0.4, 0.5) is 0 Å². The van der Waals surface area contributed by atoms with E-state index in [9.17, 15) is 9.59 Å². The van der Waals surface area contributed by atoms with Gasteiger partial charge in [0.15, 0.2) is 0 Å². The third-order valence-electron chi connectivity index (χ3n) is 6.06. The minimum Gasteiger partial charge on any atom is -0.352 e. The minimum absolute atomic E-state index is 0.0491. The van der Waals surface area contributed by atoms with E-state index in [2.05, 4.69) is 36.5 Å². The van der Waals surface area contributed by atoms with Crippen LogP contribution < -0.4 is 5.32 Å². The lowest BCUT2D eigenvalue weighted by molar-refractivity contribution is -0.140. The van der Waals surface area contributed by atoms with E-state index in [0.29, 0.717) is 28.8 Å². The largest absolute Gasteiger partial charge is 0.352 e. The lowest BCUT2D eigenvalue weighted by Crippen LogP contribution is -2.50. The number of hydrogen-bond acceptors (Lipinski definition) is 3. The average molecular weight is 508 g/mol. The lowest BCUT2D eigenvalue weighted by atomic mass is 9.95. The molecule has 1 fully saturated rings. The summed E-state index contributed by atoms with van der Waals surface area (Å²) in [4.78, 5) is 29.1. The molecule has 4 nitrogen and oxygen atoms in total. The molecule has 0 bridgehead atoms. The fraction of sp³-hybridized carbons (Fsp3) is 0.462. The van der Waals surface area contributed by atoms with Crippen molar-refractivity contribution in [2.24, 2.45) is 0 Å². The van der Waals surface area contributed by atoms with E-state index in [1.165, 1.54) is 12.0 Å². The topological polar surface area (TPSA) is 49.4 Å². The Balaban J connectivity index is 1.67. The molecule has 1 saturated carbocycles. The maximum Gasteiger partial charge on any atom is 0.242 e. The van der Waals surface area contributed by atoms with Crippen LogP contribution in [0.5, 0.6) is 0 Å². The van der Waals surface area contributed by atoms with Crippen molar-refractivity contribution in [2.75, 3.05) is 5.75 Å². The van der Waals surface area contributed by atoms with E-state index in [4.69, 9.17) is 23.2 Å². The first-order valence-electron chi connectivity index (χ1n) is 11.6. The van der Waals surface area contributed by atoms with Crippen LogP contribution in [-0.2, 0) is 16.1 Å². The normalized spacial score (nSPS) is 15.2. The van der Waals surface area contributed by atoms with Gasteiger partial charge in [0.1, 0.15) is 6.04 Å². The third-order valence-corrected chi connectivity index (χ3v) is 7.81. The Morgan fingerprint density at radius 1 is 1.06 bits per heavy atom. The van der Waals surface area contributed by atoms with Crippen molar-refractivity contribution in [1.29, 1.82) is 0 Å². The van der Waals surface area contributed by atoms with Gasteiger partial charge in [-0.15, -0.1) is 11.8 Å². The number of aryl methyl sites for hydroxylation is 1. The Morgan fingerprint density at radius 3 is 2.42 bits per heavy atom. The van der Waals surface area contributed by atoms with Crippen LogP contribution in [0.1, 0.15) is 56.6 Å². The van der Waals surface area contributed by atoms with Gasteiger partial charge in [0.2, 0.25) is 11.8 Å². The molecule has 2 aromatic carbocycles. The van der Waals surface area contributed by atoms with Crippen molar-refractivity contribution in [3.05, 3.63) is 63.6 Å². The Hall–Kier alpha value is -1.69. The quantitative estimate of drug-likeness (QED) is 0.387. The zero-order chi connectivity index (χ0) is 23.8. The van der Waals surface area contributed by atoms with E-state index in [1.54, 1.807) is 35.7 Å². The highest BCUT2D eigenvalue weighted by Gasteiger charge is 2.28. The maximum absolute atomic E-state index is 13.3. The lowest BCUT2D eigenvalue weighted by Gasteiger charge is -2.31. The second kappa shape index (κ2) is 12.7. The molecule has 0 spiro atoms. The molecule has 1 atom stereocenters. The van der Waals surface area contributed by atoms with Crippen LogP contribution in [0.2, 0.25) is 10.0 Å². The molecule has 0 aliphatic heterocycles. The van der Waals surface area contributed by atoms with E-state index in [-0.39, 0.29) is 17.9 Å². The van der Waals surface area contributed by atoms with Crippen LogP contribution in [0.25, 0.3) is 0 Å². The number of nitrogens with zero attached hydrogens (tertiary/aromatic N) is 1. The molecule has 0 unspecified atom stereocenters. The molecule has 2 aromatic rings. The molecular formula is C26H32Cl2N2O2S. The molecule has 7 heteroatoms. The molecule has 0 saturated heterocycles. The predicted molar refractivity (Wildman–Crippen MR) is 138 cm³/mol. The fourth-order valence-electron chi connectivity index (χ4n) is 4.02. The second-order valence-electron chi connectivity index (χ2n) is 8.70. The van der Waals surface area contributed by atoms with E-state index in [0.717, 1.165) is 36.1 Å². The smallest absolute Gasteiger partial charge is 0.242 e. The highest BCUT2D eigenvalue weighted by Crippen LogP contribution is 2.25. The summed E-state index contributed by atoms with van der Waals surface area (Å²) < 4.78 is 0. The Labute approximate surface area is 211 Å². The first kappa shape index (κ1) is 25.9. The minimum atomic E-state index is -0.571. The summed E-state index contributed by atoms with van der Waals surface area (Å²) in [6.07, 6.45) is 5.87. The molecule has 1 aliphatic carbocycles. The van der Waals surface area contributed by atoms with E-state index >= 15 is 0 Å². The Kier molecular flexibility index (Phi) is 9.96. The molecule has 178 valence electrons. The highest BCUT2D eigenvalue weighted by molar-refractivity contribution is 7.99. The summed E-state index contributed by atoms with van der Waals surface area (Å²) in [7, 11) is 0. The number of nitrogens with one attached hydrogen (secondary N) is 1. The summed E-state index contributed by atoms with van der Waals surface area (Å²) >= 11 is 13.9. The highest BCUT2D eigenvalue weighted by atomic mass is 35.5. The maximum atomic E-state index is 13.3. The van der Waals surface area contributed by atoms with Gasteiger partial charge in [0, 0.05) is 29.7 Å². The number of amides is 2. The molecule has 2 amide bonds. The molecule has 33 heavy (non-hydrogen) atoms. The summed E-state index contributed by atoms with van der Waals surface area (Å²) in [6, 6.07) is 13.2. The van der Waals surface area contributed by atoms with Gasteiger partial charge < -0.3 is 10.2 Å². The van der Waals surface area contributed by atoms with E-state index in [1.807, 2.05) is 6.07 Å². The van der Waals surface area contributed by atoms with Crippen molar-refractivity contribution < 1.29 is 9.59 Å². The first-order chi connectivity index (χ1) is 15.8. The number of benzene rings is 2. The second-order valence-corrected chi connectivity index (χ2v) is 10.7. The Morgan fingerprint density at radius 2 is 1.76 bits per heavy atom. The van der Waals surface area contributed by atoms with Crippen molar-refractivity contribution >= 4 is 46.8 Å². The third kappa shape index (κ3) is 7.94. The van der Waals surface area contributed by atoms with Crippen LogP contribution in [0.15, 0.2) is 47.4 Å². The van der Waals surface area contributed by atoms with Gasteiger partial charge in [-0.3, -0.25) is 9.59 Å². The number of rotatable bonds is 9. The van der Waals surface area contributed by atoms with Gasteiger partial charge >= 0.3 is 0 Å². The summed E-state index contributed by atoms with van der Waals surface area (Å²) in [6.45, 7) is 4.17. The van der Waals surface area contributed by atoms with Crippen molar-refractivity contribution in [1.82, 2.24) is 10.2 Å². The molecule has 0 radical (unpaired) electrons. The molecular weight excluding hydrogens is 475 g/mol. The van der Waals surface area contributed by atoms with Gasteiger partial charge in [-0.2, -0.15) is 0 Å². The van der Waals surface area contributed by atoms with Crippen molar-refractivity contribution in [2.45, 2.75) is 75.9 Å². The number of thioether (sulfide) groups is 1. The predicted octanol–water partition coefficient (Wildman–Crippen LogP) is 6.65. The molecule has 0 aromatic heterocycles. The molecule has 0 heterocycles. The van der Waals surface area contributed by atoms with E-state index < -0.39 is 6.04 Å². The zero-order valence-corrected chi connectivity index (χ0v) is 21.6. The summed E-state index contributed by atoms with van der Waals surface area (Å²) in [5.41, 5.74) is 2.06.